The van der Waals surface area contributed by atoms with E-state index >= 15 is 0 Å². The third kappa shape index (κ3) is 4.00. The molecule has 0 radical (unpaired) electrons. The maximum atomic E-state index is 6.25. The summed E-state index contributed by atoms with van der Waals surface area (Å²) in [6, 6.07) is 8.02. The van der Waals surface area contributed by atoms with E-state index in [4.69, 9.17) is 9.47 Å². The van der Waals surface area contributed by atoms with Gasteiger partial charge in [0.1, 0.15) is 5.60 Å². The number of morpholine rings is 1. The summed E-state index contributed by atoms with van der Waals surface area (Å²) in [7, 11) is 0. The number of pyridine rings is 1. The van der Waals surface area contributed by atoms with Gasteiger partial charge in [-0.3, -0.25) is 9.88 Å². The molecule has 138 valence electrons. The zero-order chi connectivity index (χ0) is 17.8. The van der Waals surface area contributed by atoms with Gasteiger partial charge < -0.3 is 14.4 Å². The van der Waals surface area contributed by atoms with Crippen molar-refractivity contribution in [1.82, 2.24) is 19.9 Å². The molecule has 4 heterocycles. The average Bonchev–Trinajstić information content (AvgIpc) is 2.85. The summed E-state index contributed by atoms with van der Waals surface area (Å²) in [5.74, 6) is 0.735. The van der Waals surface area contributed by atoms with Gasteiger partial charge in [-0.1, -0.05) is 6.07 Å². The molecule has 1 spiro atoms. The summed E-state index contributed by atoms with van der Waals surface area (Å²) in [5.41, 5.74) is 1.79. The van der Waals surface area contributed by atoms with E-state index in [1.807, 2.05) is 19.1 Å². The minimum absolute atomic E-state index is 0.363. The lowest BCUT2D eigenvalue weighted by Crippen LogP contribution is -2.58. The maximum absolute atomic E-state index is 6.25. The Bertz CT molecular complexity index is 729. The van der Waals surface area contributed by atoms with Crippen LogP contribution in [0, 0.1) is 6.92 Å². The predicted octanol–water partition coefficient (Wildman–Crippen LogP) is 1.29. The molecule has 0 aliphatic carbocycles. The van der Waals surface area contributed by atoms with Gasteiger partial charge in [0.2, 0.25) is 5.95 Å². The third-order valence-corrected chi connectivity index (χ3v) is 4.84. The quantitative estimate of drug-likeness (QED) is 0.822. The molecule has 0 saturated carbocycles. The Hall–Kier alpha value is -2.09. The second-order valence-corrected chi connectivity index (χ2v) is 7.04. The molecule has 0 bridgehead atoms. The monoisotopic (exact) mass is 355 g/mol. The lowest BCUT2D eigenvalue weighted by atomic mass is 10.0. The first-order valence-corrected chi connectivity index (χ1v) is 9.11. The van der Waals surface area contributed by atoms with Crippen LogP contribution in [0.15, 0.2) is 36.7 Å². The molecule has 4 rings (SSSR count). The molecular formula is C19H25N5O2. The first kappa shape index (κ1) is 17.3. The molecule has 2 saturated heterocycles. The Morgan fingerprint density at radius 3 is 2.81 bits per heavy atom. The molecule has 1 atom stereocenters. The standard InChI is InChI=1S/C19H25N5O2/c1-16-4-2-5-17(22-16)12-23-8-11-26-19(13-23)14-24(9-10-25-15-19)18-20-6-3-7-21-18/h2-7H,8-15H2,1H3. The van der Waals surface area contributed by atoms with Gasteiger partial charge >= 0.3 is 0 Å². The average molecular weight is 355 g/mol. The Kier molecular flexibility index (Phi) is 5.10. The minimum atomic E-state index is -0.363. The molecule has 2 aliphatic heterocycles. The minimum Gasteiger partial charge on any atom is -0.376 e. The number of aromatic nitrogens is 3. The molecule has 0 N–H and O–H groups in total. The molecule has 0 aromatic carbocycles. The topological polar surface area (TPSA) is 63.6 Å². The van der Waals surface area contributed by atoms with Crippen molar-refractivity contribution in [1.29, 1.82) is 0 Å². The fourth-order valence-corrected chi connectivity index (χ4v) is 3.69. The van der Waals surface area contributed by atoms with Gasteiger partial charge in [0.05, 0.1) is 32.1 Å². The van der Waals surface area contributed by atoms with Gasteiger partial charge in [-0.15, -0.1) is 0 Å². The van der Waals surface area contributed by atoms with Gasteiger partial charge in [-0.2, -0.15) is 0 Å². The second-order valence-electron chi connectivity index (χ2n) is 7.04. The Morgan fingerprint density at radius 2 is 1.96 bits per heavy atom. The van der Waals surface area contributed by atoms with Crippen molar-refractivity contribution in [3.63, 3.8) is 0 Å². The van der Waals surface area contributed by atoms with Gasteiger partial charge in [0, 0.05) is 44.3 Å². The lowest BCUT2D eigenvalue weighted by molar-refractivity contribution is -0.134. The van der Waals surface area contributed by atoms with E-state index < -0.39 is 0 Å². The first-order chi connectivity index (χ1) is 12.7. The number of hydrogen-bond acceptors (Lipinski definition) is 7. The fraction of sp³-hybridized carbons (Fsp3) is 0.526. The Morgan fingerprint density at radius 1 is 1.08 bits per heavy atom. The van der Waals surface area contributed by atoms with Crippen LogP contribution >= 0.6 is 0 Å². The van der Waals surface area contributed by atoms with Crippen LogP contribution in [0.25, 0.3) is 0 Å². The number of aryl methyl sites for hydroxylation is 1. The van der Waals surface area contributed by atoms with E-state index in [1.165, 1.54) is 0 Å². The van der Waals surface area contributed by atoms with Crippen LogP contribution in [-0.2, 0) is 16.0 Å². The van der Waals surface area contributed by atoms with Crippen LogP contribution in [0.2, 0.25) is 0 Å². The summed E-state index contributed by atoms with van der Waals surface area (Å²) >= 11 is 0. The highest BCUT2D eigenvalue weighted by atomic mass is 16.5. The number of nitrogens with zero attached hydrogens (tertiary/aromatic N) is 5. The largest absolute Gasteiger partial charge is 0.376 e. The molecule has 2 fully saturated rings. The zero-order valence-corrected chi connectivity index (χ0v) is 15.2. The highest BCUT2D eigenvalue weighted by Crippen LogP contribution is 2.25. The van der Waals surface area contributed by atoms with E-state index in [9.17, 15) is 0 Å². The second kappa shape index (κ2) is 7.65. The summed E-state index contributed by atoms with van der Waals surface area (Å²) in [4.78, 5) is 18.0. The molecule has 2 aromatic rings. The van der Waals surface area contributed by atoms with Crippen molar-refractivity contribution in [2.75, 3.05) is 50.9 Å². The number of ether oxygens (including phenoxy) is 2. The number of anilines is 1. The van der Waals surface area contributed by atoms with Gasteiger partial charge in [-0.05, 0) is 25.1 Å². The molecule has 7 heteroatoms. The Labute approximate surface area is 154 Å². The van der Waals surface area contributed by atoms with Crippen molar-refractivity contribution in [2.45, 2.75) is 19.1 Å². The van der Waals surface area contributed by atoms with Gasteiger partial charge in [0.15, 0.2) is 0 Å². The van der Waals surface area contributed by atoms with E-state index in [0.717, 1.165) is 50.1 Å². The summed E-state index contributed by atoms with van der Waals surface area (Å²) < 4.78 is 12.1. The molecule has 0 amide bonds. The third-order valence-electron chi connectivity index (χ3n) is 4.84. The smallest absolute Gasteiger partial charge is 0.225 e. The van der Waals surface area contributed by atoms with Crippen molar-refractivity contribution in [2.24, 2.45) is 0 Å². The van der Waals surface area contributed by atoms with Crippen molar-refractivity contribution >= 4 is 5.95 Å². The van der Waals surface area contributed by atoms with Crippen molar-refractivity contribution < 1.29 is 9.47 Å². The van der Waals surface area contributed by atoms with Crippen LogP contribution in [0.3, 0.4) is 0 Å². The zero-order valence-electron chi connectivity index (χ0n) is 15.2. The van der Waals surface area contributed by atoms with Crippen LogP contribution in [0.4, 0.5) is 5.95 Å². The lowest BCUT2D eigenvalue weighted by Gasteiger charge is -2.43. The highest BCUT2D eigenvalue weighted by Gasteiger charge is 2.41. The van der Waals surface area contributed by atoms with Gasteiger partial charge in [0.25, 0.3) is 0 Å². The van der Waals surface area contributed by atoms with Crippen LogP contribution in [-0.4, -0.2) is 71.5 Å². The molecule has 1 unspecified atom stereocenters. The maximum Gasteiger partial charge on any atom is 0.225 e. The van der Waals surface area contributed by atoms with E-state index in [1.54, 1.807) is 12.4 Å². The van der Waals surface area contributed by atoms with Crippen molar-refractivity contribution in [3.8, 4) is 0 Å². The Balaban J connectivity index is 1.49. The number of hydrogen-bond donors (Lipinski definition) is 0. The SMILES string of the molecule is Cc1cccc(CN2CCOC3(COCCN(c4ncccn4)C3)C2)n1. The van der Waals surface area contributed by atoms with E-state index in [0.29, 0.717) is 19.8 Å². The van der Waals surface area contributed by atoms with Crippen LogP contribution in [0.5, 0.6) is 0 Å². The van der Waals surface area contributed by atoms with Crippen LogP contribution in [0.1, 0.15) is 11.4 Å². The molecular weight excluding hydrogens is 330 g/mol. The van der Waals surface area contributed by atoms with Crippen molar-refractivity contribution in [3.05, 3.63) is 48.0 Å². The first-order valence-electron chi connectivity index (χ1n) is 9.11. The molecule has 7 nitrogen and oxygen atoms in total. The summed E-state index contributed by atoms with van der Waals surface area (Å²) in [6.07, 6.45) is 3.55. The van der Waals surface area contributed by atoms with Crippen LogP contribution < -0.4 is 4.90 Å². The molecule has 2 aromatic heterocycles. The van der Waals surface area contributed by atoms with Gasteiger partial charge in [-0.25, -0.2) is 9.97 Å². The summed E-state index contributed by atoms with van der Waals surface area (Å²) in [5, 5.41) is 0. The predicted molar refractivity (Wildman–Crippen MR) is 98.0 cm³/mol. The highest BCUT2D eigenvalue weighted by molar-refractivity contribution is 5.30. The fourth-order valence-electron chi connectivity index (χ4n) is 3.69. The normalized spacial score (nSPS) is 24.6. The number of rotatable bonds is 3. The van der Waals surface area contributed by atoms with E-state index in [2.05, 4.69) is 36.9 Å². The molecule has 26 heavy (non-hydrogen) atoms. The summed E-state index contributed by atoms with van der Waals surface area (Å²) in [6.45, 7) is 8.01. The molecule has 2 aliphatic rings. The van der Waals surface area contributed by atoms with E-state index in [-0.39, 0.29) is 5.60 Å².